The molecule has 12 heteroatoms. The molecule has 2 aliphatic rings. The minimum Gasteiger partial charge on any atom is -0.490 e. The first-order valence-electron chi connectivity index (χ1n) is 15.4. The molecule has 3 aromatic carbocycles. The summed E-state index contributed by atoms with van der Waals surface area (Å²) in [6.07, 6.45) is 5.50. The molecule has 1 N–H and O–H groups in total. The van der Waals surface area contributed by atoms with Crippen LogP contribution in [0, 0.1) is 12.7 Å². The van der Waals surface area contributed by atoms with Crippen molar-refractivity contribution in [2.75, 3.05) is 0 Å². The maximum Gasteiger partial charge on any atom is 0.333 e. The quantitative estimate of drug-likeness (QED) is 0.229. The zero-order chi connectivity index (χ0) is 32.8. The summed E-state index contributed by atoms with van der Waals surface area (Å²) in [4.78, 5) is 43.7. The number of aromatic nitrogens is 4. The maximum atomic E-state index is 15.1. The minimum absolute atomic E-state index is 0.0290. The smallest absolute Gasteiger partial charge is 0.333 e. The van der Waals surface area contributed by atoms with E-state index in [9.17, 15) is 14.4 Å². The number of fused-ring (bicyclic) bond motifs is 1. The number of nitrogens with zero attached hydrogens (tertiary/aromatic N) is 5. The van der Waals surface area contributed by atoms with Gasteiger partial charge in [-0.1, -0.05) is 22.0 Å². The highest BCUT2D eigenvalue weighted by atomic mass is 79.9. The van der Waals surface area contributed by atoms with Gasteiger partial charge in [0.2, 0.25) is 0 Å². The van der Waals surface area contributed by atoms with Crippen LogP contribution in [0.25, 0.3) is 11.4 Å². The van der Waals surface area contributed by atoms with Crippen molar-refractivity contribution in [3.05, 3.63) is 128 Å². The summed E-state index contributed by atoms with van der Waals surface area (Å²) in [6, 6.07) is 18.5. The van der Waals surface area contributed by atoms with Gasteiger partial charge >= 0.3 is 5.69 Å². The Bertz CT molecular complexity index is 2050. The van der Waals surface area contributed by atoms with Crippen molar-refractivity contribution in [2.24, 2.45) is 0 Å². The van der Waals surface area contributed by atoms with Crippen molar-refractivity contribution < 1.29 is 18.7 Å². The Morgan fingerprint density at radius 2 is 1.87 bits per heavy atom. The molecule has 1 aliphatic heterocycles. The Labute approximate surface area is 278 Å². The van der Waals surface area contributed by atoms with Crippen LogP contribution >= 0.6 is 15.9 Å². The van der Waals surface area contributed by atoms with Crippen LogP contribution in [0.1, 0.15) is 57.4 Å². The molecule has 10 nitrogen and oxygen atoms in total. The van der Waals surface area contributed by atoms with Crippen LogP contribution in [0.15, 0.2) is 88.4 Å². The number of rotatable bonds is 8. The fraction of sp³-hybridized carbons (Fsp3) is 0.257. The molecule has 3 heterocycles. The number of benzene rings is 3. The summed E-state index contributed by atoms with van der Waals surface area (Å²) in [6.45, 7) is 3.86. The summed E-state index contributed by atoms with van der Waals surface area (Å²) >= 11 is 3.49. The number of hydrogen-bond acceptors (Lipinski definition) is 5. The fourth-order valence-corrected chi connectivity index (χ4v) is 6.20. The molecule has 5 aromatic rings. The van der Waals surface area contributed by atoms with E-state index < -0.39 is 17.4 Å². The Balaban J connectivity index is 1.27. The van der Waals surface area contributed by atoms with Crippen molar-refractivity contribution in [1.29, 1.82) is 0 Å². The SMILES string of the molecule is Cc1cc(C(=O)N2Cc3c(C(=O)NCc4c(F)cccc4-n4cccn4)n(-c4ccc(OC5CC5)cc4)c(=O)n3C[C@@H]2C)ccc1Br. The van der Waals surface area contributed by atoms with Crippen LogP contribution in [0.2, 0.25) is 0 Å². The third-order valence-corrected chi connectivity index (χ3v) is 9.51. The van der Waals surface area contributed by atoms with E-state index >= 15 is 4.39 Å². The highest BCUT2D eigenvalue weighted by molar-refractivity contribution is 9.10. The van der Waals surface area contributed by atoms with Crippen LogP contribution < -0.4 is 15.7 Å². The molecule has 2 aromatic heterocycles. The van der Waals surface area contributed by atoms with Gasteiger partial charge in [0.05, 0.1) is 29.7 Å². The lowest BCUT2D eigenvalue weighted by Gasteiger charge is -2.34. The molecule has 2 amide bonds. The molecule has 7 rings (SSSR count). The van der Waals surface area contributed by atoms with Gasteiger partial charge in [-0.05, 0) is 92.9 Å². The molecule has 1 atom stereocenters. The first-order valence-corrected chi connectivity index (χ1v) is 16.2. The van der Waals surface area contributed by atoms with E-state index in [1.165, 1.54) is 15.3 Å². The van der Waals surface area contributed by atoms with Crippen molar-refractivity contribution >= 4 is 27.7 Å². The summed E-state index contributed by atoms with van der Waals surface area (Å²) < 4.78 is 26.4. The molecular weight excluding hydrogens is 667 g/mol. The van der Waals surface area contributed by atoms with E-state index in [4.69, 9.17) is 4.74 Å². The minimum atomic E-state index is -0.578. The van der Waals surface area contributed by atoms with Gasteiger partial charge in [0.15, 0.2) is 0 Å². The Morgan fingerprint density at radius 1 is 1.09 bits per heavy atom. The van der Waals surface area contributed by atoms with Gasteiger partial charge in [0.25, 0.3) is 11.8 Å². The van der Waals surface area contributed by atoms with E-state index in [2.05, 4.69) is 26.3 Å². The number of ether oxygens (including phenoxy) is 1. The summed E-state index contributed by atoms with van der Waals surface area (Å²) in [5, 5.41) is 7.07. The largest absolute Gasteiger partial charge is 0.490 e. The van der Waals surface area contributed by atoms with Crippen molar-refractivity contribution in [3.8, 4) is 17.1 Å². The second-order valence-corrected chi connectivity index (χ2v) is 12.8. The van der Waals surface area contributed by atoms with Gasteiger partial charge in [-0.25, -0.2) is 13.9 Å². The summed E-state index contributed by atoms with van der Waals surface area (Å²) in [5.41, 5.74) is 2.70. The third-order valence-electron chi connectivity index (χ3n) is 8.62. The topological polar surface area (TPSA) is 103 Å². The first kappa shape index (κ1) is 30.7. The molecule has 1 fully saturated rings. The predicted molar refractivity (Wildman–Crippen MR) is 177 cm³/mol. The maximum absolute atomic E-state index is 15.1. The monoisotopic (exact) mass is 698 g/mol. The fourth-order valence-electron chi connectivity index (χ4n) is 5.96. The van der Waals surface area contributed by atoms with Gasteiger partial charge in [0.1, 0.15) is 17.3 Å². The number of halogens is 2. The van der Waals surface area contributed by atoms with Gasteiger partial charge in [0, 0.05) is 47.1 Å². The predicted octanol–water partition coefficient (Wildman–Crippen LogP) is 5.55. The number of carbonyl (C=O) groups is 2. The number of nitrogens with one attached hydrogen (secondary N) is 1. The first-order chi connectivity index (χ1) is 22.7. The van der Waals surface area contributed by atoms with Gasteiger partial charge < -0.3 is 15.0 Å². The van der Waals surface area contributed by atoms with Crippen molar-refractivity contribution in [1.82, 2.24) is 29.1 Å². The second-order valence-electron chi connectivity index (χ2n) is 12.0. The number of amides is 2. The van der Waals surface area contributed by atoms with Crippen molar-refractivity contribution in [3.63, 3.8) is 0 Å². The van der Waals surface area contributed by atoms with Crippen LogP contribution in [-0.4, -0.2) is 47.8 Å². The Kier molecular flexibility index (Phi) is 8.04. The van der Waals surface area contributed by atoms with Crippen LogP contribution in [0.4, 0.5) is 4.39 Å². The molecule has 240 valence electrons. The third kappa shape index (κ3) is 5.89. The number of aryl methyl sites for hydroxylation is 1. The zero-order valence-corrected chi connectivity index (χ0v) is 27.4. The van der Waals surface area contributed by atoms with Gasteiger partial charge in [-0.2, -0.15) is 5.10 Å². The van der Waals surface area contributed by atoms with E-state index in [0.29, 0.717) is 28.4 Å². The van der Waals surface area contributed by atoms with Crippen LogP contribution in [0.3, 0.4) is 0 Å². The van der Waals surface area contributed by atoms with E-state index in [1.54, 1.807) is 70.4 Å². The molecule has 0 bridgehead atoms. The normalized spacial score (nSPS) is 15.7. The molecule has 0 radical (unpaired) electrons. The van der Waals surface area contributed by atoms with E-state index in [0.717, 1.165) is 22.9 Å². The summed E-state index contributed by atoms with van der Waals surface area (Å²) in [7, 11) is 0. The molecule has 1 aliphatic carbocycles. The molecule has 47 heavy (non-hydrogen) atoms. The number of carbonyl (C=O) groups excluding carboxylic acids is 2. The second kappa shape index (κ2) is 12.3. The van der Waals surface area contributed by atoms with Gasteiger partial charge in [-0.15, -0.1) is 0 Å². The van der Waals surface area contributed by atoms with Crippen LogP contribution in [0.5, 0.6) is 5.75 Å². The Hall–Kier alpha value is -4.97. The highest BCUT2D eigenvalue weighted by Crippen LogP contribution is 2.29. The molecule has 0 saturated heterocycles. The lowest BCUT2D eigenvalue weighted by molar-refractivity contribution is 0.0610. The average Bonchev–Trinajstić information content (AvgIpc) is 3.61. The van der Waals surface area contributed by atoms with Gasteiger partial charge in [-0.3, -0.25) is 18.7 Å². The van der Waals surface area contributed by atoms with Crippen molar-refractivity contribution in [2.45, 2.75) is 58.5 Å². The Morgan fingerprint density at radius 3 is 2.57 bits per heavy atom. The molecule has 1 saturated carbocycles. The summed E-state index contributed by atoms with van der Waals surface area (Å²) in [5.74, 6) is -0.607. The van der Waals surface area contributed by atoms with E-state index in [1.807, 2.05) is 26.0 Å². The van der Waals surface area contributed by atoms with E-state index in [-0.39, 0.29) is 48.9 Å². The average molecular weight is 700 g/mol. The molecule has 0 unspecified atom stereocenters. The zero-order valence-electron chi connectivity index (χ0n) is 25.8. The highest BCUT2D eigenvalue weighted by Gasteiger charge is 2.35. The number of hydrogen-bond donors (Lipinski definition) is 1. The van der Waals surface area contributed by atoms with Crippen LogP contribution in [-0.2, 0) is 19.6 Å². The lowest BCUT2D eigenvalue weighted by atomic mass is 10.1. The molecular formula is C35H32BrFN6O4. The standard InChI is InChI=1S/C35H32BrFN6O4/c1-21-17-23(7-14-28(21)36)34(45)40-20-31-32(33(44)38-18-27-29(37)5-3-6-30(27)42-16-4-15-39-42)43(35(46)41(31)19-22(40)2)24-8-10-25(11-9-24)47-26-12-13-26/h3-11,14-17,22,26H,12-13,18-20H2,1-2H3,(H,38,44)/t22-/m0/s1. The lowest BCUT2D eigenvalue weighted by Crippen LogP contribution is -2.47. The molecule has 0 spiro atoms. The number of imidazole rings is 1.